The molecule has 0 aromatic rings. The van der Waals surface area contributed by atoms with Crippen molar-refractivity contribution in [3.8, 4) is 0 Å². The van der Waals surface area contributed by atoms with E-state index in [2.05, 4.69) is 4.90 Å². The number of carbonyl (C=O) groups is 1. The van der Waals surface area contributed by atoms with Crippen molar-refractivity contribution in [2.24, 2.45) is 10.8 Å². The Hall–Kier alpha value is -0.610. The molecule has 0 radical (unpaired) electrons. The molecule has 0 aromatic heterocycles. The molecule has 4 aliphatic rings. The van der Waals surface area contributed by atoms with E-state index in [1.807, 2.05) is 0 Å². The second kappa shape index (κ2) is 5.06. The van der Waals surface area contributed by atoms with E-state index < -0.39 is 0 Å². The molecule has 19 heavy (non-hydrogen) atoms. The van der Waals surface area contributed by atoms with Gasteiger partial charge in [0, 0.05) is 19.6 Å². The SMILES string of the molecule is COC(=O)C12CCC(CN3CCOCC3)(CC1)CC2. The van der Waals surface area contributed by atoms with Gasteiger partial charge in [-0.15, -0.1) is 0 Å². The molecule has 1 heterocycles. The van der Waals surface area contributed by atoms with Crippen LogP contribution in [0.15, 0.2) is 0 Å². The Morgan fingerprint density at radius 3 is 2.21 bits per heavy atom. The van der Waals surface area contributed by atoms with Crippen LogP contribution in [0.1, 0.15) is 38.5 Å². The number of carbonyl (C=O) groups excluding carboxylic acids is 1. The van der Waals surface area contributed by atoms with Gasteiger partial charge in [-0.3, -0.25) is 9.69 Å². The van der Waals surface area contributed by atoms with E-state index in [-0.39, 0.29) is 11.4 Å². The van der Waals surface area contributed by atoms with Crippen LogP contribution in [0.25, 0.3) is 0 Å². The molecule has 3 saturated carbocycles. The van der Waals surface area contributed by atoms with E-state index in [1.54, 1.807) is 0 Å². The first-order valence-corrected chi connectivity index (χ1v) is 7.57. The first-order valence-electron chi connectivity index (χ1n) is 7.57. The molecular formula is C15H25NO3. The van der Waals surface area contributed by atoms with Gasteiger partial charge in [-0.25, -0.2) is 0 Å². The summed E-state index contributed by atoms with van der Waals surface area (Å²) in [6.45, 7) is 5.10. The fraction of sp³-hybridized carbons (Fsp3) is 0.933. The Kier molecular flexibility index (Phi) is 3.56. The van der Waals surface area contributed by atoms with Gasteiger partial charge < -0.3 is 9.47 Å². The molecule has 3 aliphatic carbocycles. The molecule has 4 nitrogen and oxygen atoms in total. The molecule has 0 N–H and O–H groups in total. The fourth-order valence-corrected chi connectivity index (χ4v) is 4.26. The van der Waals surface area contributed by atoms with Crippen molar-refractivity contribution in [2.75, 3.05) is 40.0 Å². The summed E-state index contributed by atoms with van der Waals surface area (Å²) in [6.07, 6.45) is 6.68. The molecule has 4 heteroatoms. The third-order valence-electron chi connectivity index (χ3n) is 5.68. The lowest BCUT2D eigenvalue weighted by Crippen LogP contribution is -2.52. The van der Waals surface area contributed by atoms with Gasteiger partial charge in [0.2, 0.25) is 0 Å². The van der Waals surface area contributed by atoms with Crippen molar-refractivity contribution >= 4 is 5.97 Å². The van der Waals surface area contributed by atoms with E-state index in [0.717, 1.165) is 45.6 Å². The second-order valence-corrected chi connectivity index (χ2v) is 6.66. The highest BCUT2D eigenvalue weighted by Gasteiger charge is 2.53. The minimum atomic E-state index is -0.137. The monoisotopic (exact) mass is 267 g/mol. The zero-order valence-electron chi connectivity index (χ0n) is 12.0. The highest BCUT2D eigenvalue weighted by molar-refractivity contribution is 5.77. The molecule has 1 aliphatic heterocycles. The number of ether oxygens (including phenoxy) is 2. The van der Waals surface area contributed by atoms with Crippen LogP contribution in [0.2, 0.25) is 0 Å². The molecule has 108 valence electrons. The lowest BCUT2D eigenvalue weighted by atomic mass is 9.53. The molecule has 0 atom stereocenters. The first kappa shape index (κ1) is 13.4. The Morgan fingerprint density at radius 2 is 1.68 bits per heavy atom. The number of fused-ring (bicyclic) bond motifs is 3. The number of hydrogen-bond acceptors (Lipinski definition) is 4. The minimum absolute atomic E-state index is 0.0344. The van der Waals surface area contributed by atoms with Crippen molar-refractivity contribution in [3.63, 3.8) is 0 Å². The van der Waals surface area contributed by atoms with Gasteiger partial charge in [0.05, 0.1) is 25.7 Å². The maximum absolute atomic E-state index is 12.0. The van der Waals surface area contributed by atoms with Crippen molar-refractivity contribution in [3.05, 3.63) is 0 Å². The largest absolute Gasteiger partial charge is 0.469 e. The molecule has 0 unspecified atom stereocenters. The molecule has 0 spiro atoms. The number of nitrogens with zero attached hydrogens (tertiary/aromatic N) is 1. The van der Waals surface area contributed by atoms with Gasteiger partial charge in [-0.05, 0) is 43.9 Å². The summed E-state index contributed by atoms with van der Waals surface area (Å²) in [5, 5.41) is 0. The number of hydrogen-bond donors (Lipinski definition) is 0. The predicted molar refractivity (Wildman–Crippen MR) is 71.8 cm³/mol. The third kappa shape index (κ3) is 2.40. The third-order valence-corrected chi connectivity index (χ3v) is 5.68. The minimum Gasteiger partial charge on any atom is -0.469 e. The molecule has 4 fully saturated rings. The molecule has 0 aromatic carbocycles. The standard InChI is InChI=1S/C15H25NO3/c1-18-13(17)15-5-2-14(3-6-15,4-7-15)12-16-8-10-19-11-9-16/h2-12H2,1H3. The average molecular weight is 267 g/mol. The summed E-state index contributed by atoms with van der Waals surface area (Å²) in [6, 6.07) is 0. The van der Waals surface area contributed by atoms with Gasteiger partial charge >= 0.3 is 5.97 Å². The van der Waals surface area contributed by atoms with Crippen molar-refractivity contribution in [2.45, 2.75) is 38.5 Å². The Labute approximate surface area is 115 Å². The van der Waals surface area contributed by atoms with Crippen LogP contribution >= 0.6 is 0 Å². The van der Waals surface area contributed by atoms with Crippen molar-refractivity contribution in [1.82, 2.24) is 4.90 Å². The summed E-state index contributed by atoms with van der Waals surface area (Å²) in [5.74, 6) is 0.0344. The Bertz CT molecular complexity index is 325. The van der Waals surface area contributed by atoms with Crippen LogP contribution in [0, 0.1) is 10.8 Å². The van der Waals surface area contributed by atoms with Gasteiger partial charge in [0.25, 0.3) is 0 Å². The molecule has 4 rings (SSSR count). The molecule has 1 saturated heterocycles. The van der Waals surface area contributed by atoms with E-state index in [0.29, 0.717) is 5.41 Å². The zero-order chi connectivity index (χ0) is 13.3. The van der Waals surface area contributed by atoms with Gasteiger partial charge in [-0.1, -0.05) is 0 Å². The van der Waals surface area contributed by atoms with Gasteiger partial charge in [0.15, 0.2) is 0 Å². The van der Waals surface area contributed by atoms with Crippen LogP contribution in [0.5, 0.6) is 0 Å². The van der Waals surface area contributed by atoms with Crippen LogP contribution in [-0.2, 0) is 14.3 Å². The topological polar surface area (TPSA) is 38.8 Å². The van der Waals surface area contributed by atoms with Crippen LogP contribution in [-0.4, -0.2) is 50.8 Å². The maximum atomic E-state index is 12.0. The highest BCUT2D eigenvalue weighted by atomic mass is 16.5. The van der Waals surface area contributed by atoms with E-state index >= 15 is 0 Å². The predicted octanol–water partition coefficient (Wildman–Crippen LogP) is 1.83. The van der Waals surface area contributed by atoms with Crippen molar-refractivity contribution < 1.29 is 14.3 Å². The summed E-state index contributed by atoms with van der Waals surface area (Å²) in [5.41, 5.74) is 0.328. The average Bonchev–Trinajstić information content (AvgIpc) is 2.49. The van der Waals surface area contributed by atoms with E-state index in [1.165, 1.54) is 32.9 Å². The van der Waals surface area contributed by atoms with E-state index in [4.69, 9.17) is 9.47 Å². The summed E-state index contributed by atoms with van der Waals surface area (Å²) >= 11 is 0. The molecule has 2 bridgehead atoms. The van der Waals surface area contributed by atoms with E-state index in [9.17, 15) is 4.79 Å². The van der Waals surface area contributed by atoms with Crippen LogP contribution in [0.3, 0.4) is 0 Å². The number of esters is 1. The summed E-state index contributed by atoms with van der Waals surface area (Å²) in [4.78, 5) is 14.5. The quantitative estimate of drug-likeness (QED) is 0.731. The number of rotatable bonds is 3. The lowest BCUT2D eigenvalue weighted by Gasteiger charge is -2.53. The normalized spacial score (nSPS) is 39.2. The fourth-order valence-electron chi connectivity index (χ4n) is 4.26. The van der Waals surface area contributed by atoms with Crippen LogP contribution < -0.4 is 0 Å². The van der Waals surface area contributed by atoms with Crippen LogP contribution in [0.4, 0.5) is 0 Å². The molecule has 0 amide bonds. The van der Waals surface area contributed by atoms with Gasteiger partial charge in [-0.2, -0.15) is 0 Å². The highest BCUT2D eigenvalue weighted by Crippen LogP contribution is 2.57. The molecular weight excluding hydrogens is 242 g/mol. The lowest BCUT2D eigenvalue weighted by molar-refractivity contribution is -0.163. The first-order chi connectivity index (χ1) is 9.18. The zero-order valence-corrected chi connectivity index (χ0v) is 12.0. The smallest absolute Gasteiger partial charge is 0.311 e. The maximum Gasteiger partial charge on any atom is 0.311 e. The summed E-state index contributed by atoms with van der Waals surface area (Å²) < 4.78 is 10.5. The Balaban J connectivity index is 1.62. The number of morpholine rings is 1. The van der Waals surface area contributed by atoms with Crippen molar-refractivity contribution in [1.29, 1.82) is 0 Å². The summed E-state index contributed by atoms with van der Waals surface area (Å²) in [7, 11) is 1.53. The number of methoxy groups -OCH3 is 1. The van der Waals surface area contributed by atoms with Gasteiger partial charge in [0.1, 0.15) is 0 Å². The second-order valence-electron chi connectivity index (χ2n) is 6.66. The Morgan fingerprint density at radius 1 is 1.11 bits per heavy atom.